The molecule has 0 atom stereocenters. The molecule has 0 aliphatic rings. The number of rotatable bonds is 11. The number of carbonyl (C=O) groups excluding carboxylic acids is 1. The normalized spacial score (nSPS) is 11.1. The molecule has 3 nitrogen and oxygen atoms in total. The fourth-order valence-corrected chi connectivity index (χ4v) is 2.62. The van der Waals surface area contributed by atoms with Gasteiger partial charge in [0.15, 0.2) is 0 Å². The van der Waals surface area contributed by atoms with Crippen LogP contribution < -0.4 is 0 Å². The van der Waals surface area contributed by atoms with Gasteiger partial charge in [0.25, 0.3) is 5.91 Å². The van der Waals surface area contributed by atoms with E-state index in [2.05, 4.69) is 13.0 Å². The van der Waals surface area contributed by atoms with Crippen molar-refractivity contribution in [1.29, 1.82) is 0 Å². The number of allylic oxidation sites excluding steroid dienone is 1. The van der Waals surface area contributed by atoms with Crippen molar-refractivity contribution >= 4 is 12.0 Å². The third-order valence-electron chi connectivity index (χ3n) is 4.01. The number of carbonyl (C=O) groups is 1. The van der Waals surface area contributed by atoms with Gasteiger partial charge < -0.3 is 0 Å². The Morgan fingerprint density at radius 2 is 1.65 bits per heavy atom. The maximum atomic E-state index is 11.9. The number of hydrogen-bond donors (Lipinski definition) is 1. The van der Waals surface area contributed by atoms with Gasteiger partial charge in [-0.1, -0.05) is 82.2 Å². The van der Waals surface area contributed by atoms with E-state index in [9.17, 15) is 10.0 Å². The second-order valence-corrected chi connectivity index (χ2v) is 6.08. The van der Waals surface area contributed by atoms with Gasteiger partial charge in [-0.25, -0.2) is 5.06 Å². The summed E-state index contributed by atoms with van der Waals surface area (Å²) < 4.78 is 0. The first kappa shape index (κ1) is 19.4. The quantitative estimate of drug-likeness (QED) is 0.323. The Kier molecular flexibility index (Phi) is 10.0. The van der Waals surface area contributed by atoms with Crippen molar-refractivity contribution in [2.45, 2.75) is 64.7 Å². The lowest BCUT2D eigenvalue weighted by Gasteiger charge is -2.10. The highest BCUT2D eigenvalue weighted by Crippen LogP contribution is 2.14. The molecule has 23 heavy (non-hydrogen) atoms. The van der Waals surface area contributed by atoms with Crippen LogP contribution in [0.2, 0.25) is 0 Å². The lowest BCUT2D eigenvalue weighted by Crippen LogP contribution is -2.23. The van der Waals surface area contributed by atoms with E-state index in [0.717, 1.165) is 12.0 Å². The molecule has 1 amide bonds. The summed E-state index contributed by atoms with van der Waals surface area (Å²) in [5, 5.41) is 9.93. The summed E-state index contributed by atoms with van der Waals surface area (Å²) in [4.78, 5) is 11.9. The van der Waals surface area contributed by atoms with Crippen molar-refractivity contribution < 1.29 is 10.0 Å². The fraction of sp³-hybridized carbons (Fsp3) is 0.550. The molecule has 0 unspecified atom stereocenters. The first-order chi connectivity index (χ1) is 11.2. The largest absolute Gasteiger partial charge is 0.286 e. The summed E-state index contributed by atoms with van der Waals surface area (Å²) in [6, 6.07) is 7.36. The van der Waals surface area contributed by atoms with Crippen LogP contribution in [0.4, 0.5) is 0 Å². The van der Waals surface area contributed by atoms with Gasteiger partial charge in [0.1, 0.15) is 0 Å². The van der Waals surface area contributed by atoms with Gasteiger partial charge in [0.2, 0.25) is 0 Å². The van der Waals surface area contributed by atoms with E-state index in [1.54, 1.807) is 6.07 Å². The van der Waals surface area contributed by atoms with Crippen molar-refractivity contribution in [3.05, 3.63) is 41.5 Å². The zero-order valence-electron chi connectivity index (χ0n) is 14.6. The Hall–Kier alpha value is -1.61. The van der Waals surface area contributed by atoms with E-state index < -0.39 is 0 Å². The average Bonchev–Trinajstić information content (AvgIpc) is 2.56. The molecular formula is C20H31NO2. The molecular weight excluding hydrogens is 286 g/mol. The van der Waals surface area contributed by atoms with Gasteiger partial charge in [-0.05, 0) is 24.5 Å². The molecule has 1 rings (SSSR count). The van der Waals surface area contributed by atoms with E-state index in [-0.39, 0.29) is 5.91 Å². The van der Waals surface area contributed by atoms with E-state index >= 15 is 0 Å². The highest BCUT2D eigenvalue weighted by molar-refractivity contribution is 5.96. The minimum atomic E-state index is -0.377. The minimum Gasteiger partial charge on any atom is -0.286 e. The molecule has 3 heteroatoms. The van der Waals surface area contributed by atoms with Crippen LogP contribution in [-0.2, 0) is 0 Å². The monoisotopic (exact) mass is 317 g/mol. The Balaban J connectivity index is 2.29. The van der Waals surface area contributed by atoms with Crippen LogP contribution in [0.5, 0.6) is 0 Å². The van der Waals surface area contributed by atoms with Gasteiger partial charge in [-0.15, -0.1) is 0 Å². The zero-order valence-corrected chi connectivity index (χ0v) is 14.6. The molecule has 0 aromatic heterocycles. The molecule has 1 aromatic rings. The Bertz CT molecular complexity index is 480. The van der Waals surface area contributed by atoms with Crippen LogP contribution in [-0.4, -0.2) is 23.2 Å². The van der Waals surface area contributed by atoms with Crippen molar-refractivity contribution in [3.63, 3.8) is 0 Å². The lowest BCUT2D eigenvalue weighted by molar-refractivity contribution is -0.0375. The van der Waals surface area contributed by atoms with Crippen LogP contribution in [0, 0.1) is 0 Å². The van der Waals surface area contributed by atoms with Crippen LogP contribution >= 0.6 is 0 Å². The highest BCUT2D eigenvalue weighted by atomic mass is 16.5. The van der Waals surface area contributed by atoms with Crippen LogP contribution in [0.1, 0.15) is 80.6 Å². The summed E-state index contributed by atoms with van der Waals surface area (Å²) >= 11 is 0. The number of hydroxylamine groups is 2. The van der Waals surface area contributed by atoms with Crippen LogP contribution in [0.25, 0.3) is 6.08 Å². The van der Waals surface area contributed by atoms with E-state index in [0.29, 0.717) is 10.6 Å². The number of amides is 1. The van der Waals surface area contributed by atoms with Crippen molar-refractivity contribution in [1.82, 2.24) is 5.06 Å². The Morgan fingerprint density at radius 3 is 2.30 bits per heavy atom. The average molecular weight is 317 g/mol. The van der Waals surface area contributed by atoms with E-state index in [1.807, 2.05) is 24.3 Å². The summed E-state index contributed by atoms with van der Waals surface area (Å²) in [5.74, 6) is -0.377. The topological polar surface area (TPSA) is 40.5 Å². The number of nitrogens with zero attached hydrogens (tertiary/aromatic N) is 1. The van der Waals surface area contributed by atoms with Crippen LogP contribution in [0.15, 0.2) is 30.3 Å². The first-order valence-corrected chi connectivity index (χ1v) is 8.89. The van der Waals surface area contributed by atoms with Gasteiger partial charge in [0, 0.05) is 12.6 Å². The zero-order chi connectivity index (χ0) is 16.9. The van der Waals surface area contributed by atoms with Crippen LogP contribution in [0.3, 0.4) is 0 Å². The summed E-state index contributed by atoms with van der Waals surface area (Å²) in [7, 11) is 1.35. The third kappa shape index (κ3) is 7.98. The molecule has 0 bridgehead atoms. The van der Waals surface area contributed by atoms with Gasteiger partial charge in [-0.3, -0.25) is 10.0 Å². The first-order valence-electron chi connectivity index (χ1n) is 8.89. The molecule has 0 spiro atoms. The second-order valence-electron chi connectivity index (χ2n) is 6.08. The molecule has 0 aliphatic carbocycles. The van der Waals surface area contributed by atoms with Gasteiger partial charge in [-0.2, -0.15) is 0 Å². The molecule has 128 valence electrons. The number of unbranched alkanes of at least 4 members (excludes halogenated alkanes) is 8. The molecule has 1 N–H and O–H groups in total. The Labute approximate surface area is 141 Å². The lowest BCUT2D eigenvalue weighted by atomic mass is 10.0. The SMILES string of the molecule is CCCCCCCCCCC=Cc1ccccc1C(=O)N(C)O. The van der Waals surface area contributed by atoms with Crippen molar-refractivity contribution in [2.75, 3.05) is 7.05 Å². The summed E-state index contributed by atoms with van der Waals surface area (Å²) in [6.07, 6.45) is 15.7. The van der Waals surface area contributed by atoms with Crippen molar-refractivity contribution in [2.24, 2.45) is 0 Å². The standard InChI is InChI=1S/C20H31NO2/c1-3-4-5-6-7-8-9-10-11-12-15-18-16-13-14-17-19(18)20(22)21(2)23/h12-17,23H,3-11H2,1-2H3. The molecule has 0 saturated heterocycles. The number of benzene rings is 1. The fourth-order valence-electron chi connectivity index (χ4n) is 2.62. The number of hydrogen-bond acceptors (Lipinski definition) is 2. The predicted molar refractivity (Wildman–Crippen MR) is 96.6 cm³/mol. The Morgan fingerprint density at radius 1 is 1.04 bits per heavy atom. The third-order valence-corrected chi connectivity index (χ3v) is 4.01. The highest BCUT2D eigenvalue weighted by Gasteiger charge is 2.11. The predicted octanol–water partition coefficient (Wildman–Crippen LogP) is 5.69. The van der Waals surface area contributed by atoms with Crippen molar-refractivity contribution in [3.8, 4) is 0 Å². The minimum absolute atomic E-state index is 0.377. The van der Waals surface area contributed by atoms with Gasteiger partial charge >= 0.3 is 0 Å². The second kappa shape index (κ2) is 11.9. The maximum Gasteiger partial charge on any atom is 0.277 e. The molecule has 0 saturated carbocycles. The molecule has 0 heterocycles. The van der Waals surface area contributed by atoms with E-state index in [1.165, 1.54) is 58.4 Å². The smallest absolute Gasteiger partial charge is 0.277 e. The molecule has 1 aromatic carbocycles. The molecule has 0 radical (unpaired) electrons. The summed E-state index contributed by atoms with van der Waals surface area (Å²) in [5.41, 5.74) is 1.39. The molecule has 0 fully saturated rings. The molecule has 0 aliphatic heterocycles. The summed E-state index contributed by atoms with van der Waals surface area (Å²) in [6.45, 7) is 2.25. The maximum absolute atomic E-state index is 11.9. The van der Waals surface area contributed by atoms with E-state index in [4.69, 9.17) is 0 Å². The van der Waals surface area contributed by atoms with Gasteiger partial charge in [0.05, 0.1) is 0 Å².